The van der Waals surface area contributed by atoms with Gasteiger partial charge < -0.3 is 9.84 Å². The van der Waals surface area contributed by atoms with E-state index in [1.165, 1.54) is 12.1 Å². The van der Waals surface area contributed by atoms with Crippen LogP contribution < -0.4 is 4.74 Å². The van der Waals surface area contributed by atoms with E-state index >= 15 is 0 Å². The van der Waals surface area contributed by atoms with Crippen molar-refractivity contribution in [1.29, 1.82) is 0 Å². The molecule has 1 N–H and O–H groups in total. The highest BCUT2D eigenvalue weighted by molar-refractivity contribution is 5.28. The van der Waals surface area contributed by atoms with Crippen LogP contribution in [0.4, 0.5) is 8.78 Å². The van der Waals surface area contributed by atoms with Gasteiger partial charge in [0, 0.05) is 0 Å². The van der Waals surface area contributed by atoms with E-state index in [4.69, 9.17) is 9.84 Å². The summed E-state index contributed by atoms with van der Waals surface area (Å²) in [5, 5.41) is 9.08. The molecule has 2 nitrogen and oxygen atoms in total. The number of hydrogen-bond acceptors (Lipinski definition) is 2. The third-order valence-corrected chi connectivity index (χ3v) is 1.83. The van der Waals surface area contributed by atoms with Crippen LogP contribution >= 0.6 is 0 Å². The molecule has 0 saturated heterocycles. The molecule has 84 valence electrons. The fourth-order valence-corrected chi connectivity index (χ4v) is 1.16. The van der Waals surface area contributed by atoms with Gasteiger partial charge in [-0.2, -0.15) is 0 Å². The van der Waals surface area contributed by atoms with Gasteiger partial charge in [0.15, 0.2) is 0 Å². The molecule has 0 aliphatic carbocycles. The summed E-state index contributed by atoms with van der Waals surface area (Å²) in [6.45, 7) is 3.75. The van der Waals surface area contributed by atoms with Crippen LogP contribution in [0.2, 0.25) is 0 Å². The molecule has 0 aliphatic heterocycles. The Morgan fingerprint density at radius 3 is 2.07 bits per heavy atom. The van der Waals surface area contributed by atoms with Gasteiger partial charge in [0.05, 0.1) is 6.10 Å². The highest BCUT2D eigenvalue weighted by atomic mass is 19.3. The average molecular weight is 216 g/mol. The summed E-state index contributed by atoms with van der Waals surface area (Å²) in [5.41, 5.74) is 0.195. The van der Waals surface area contributed by atoms with E-state index in [2.05, 4.69) is 0 Å². The lowest BCUT2D eigenvalue weighted by Gasteiger charge is -2.12. The minimum atomic E-state index is -2.76. The molecule has 0 saturated carbocycles. The molecule has 0 fully saturated rings. The average Bonchev–Trinajstić information content (AvgIpc) is 2.17. The van der Waals surface area contributed by atoms with Crippen molar-refractivity contribution in [3.05, 3.63) is 29.8 Å². The molecule has 0 bridgehead atoms. The van der Waals surface area contributed by atoms with Crippen molar-refractivity contribution < 1.29 is 18.6 Å². The molecule has 1 rings (SSSR count). The number of aliphatic hydroxyl groups excluding tert-OH is 1. The number of ether oxygens (including phenoxy) is 1. The van der Waals surface area contributed by atoms with Crippen molar-refractivity contribution in [2.24, 2.45) is 0 Å². The zero-order valence-corrected chi connectivity index (χ0v) is 8.65. The number of hydrogen-bond donors (Lipinski definition) is 1. The maximum Gasteiger partial charge on any atom is 0.268 e. The second-order valence-corrected chi connectivity index (χ2v) is 3.51. The Morgan fingerprint density at radius 1 is 1.13 bits per heavy atom. The van der Waals surface area contributed by atoms with Gasteiger partial charge in [-0.25, -0.2) is 8.78 Å². The van der Waals surface area contributed by atoms with E-state index in [0.717, 1.165) is 0 Å². The molecule has 0 amide bonds. The summed E-state index contributed by atoms with van der Waals surface area (Å²) in [5.74, 6) is 0.607. The van der Waals surface area contributed by atoms with Crippen molar-refractivity contribution >= 4 is 0 Å². The van der Waals surface area contributed by atoms with Gasteiger partial charge in [0.2, 0.25) is 0 Å². The fraction of sp³-hybridized carbons (Fsp3) is 0.455. The van der Waals surface area contributed by atoms with Crippen LogP contribution in [0.15, 0.2) is 24.3 Å². The first-order valence-electron chi connectivity index (χ1n) is 4.73. The lowest BCUT2D eigenvalue weighted by Crippen LogP contribution is -2.08. The predicted octanol–water partition coefficient (Wildman–Crippen LogP) is 2.77. The second-order valence-electron chi connectivity index (χ2n) is 3.51. The summed E-state index contributed by atoms with van der Waals surface area (Å²) in [4.78, 5) is 0. The normalized spacial score (nSPS) is 13.3. The van der Waals surface area contributed by atoms with Crippen LogP contribution in [0.1, 0.15) is 25.5 Å². The maximum absolute atomic E-state index is 12.1. The zero-order chi connectivity index (χ0) is 11.4. The number of benzene rings is 1. The Hall–Kier alpha value is -1.16. The first-order chi connectivity index (χ1) is 7.00. The van der Waals surface area contributed by atoms with E-state index in [1.807, 2.05) is 13.8 Å². The summed E-state index contributed by atoms with van der Waals surface area (Å²) in [6.07, 6.45) is -4.45. The van der Waals surface area contributed by atoms with Crippen LogP contribution in [0.3, 0.4) is 0 Å². The predicted molar refractivity (Wildman–Crippen MR) is 53.2 cm³/mol. The first kappa shape index (κ1) is 11.9. The lowest BCUT2D eigenvalue weighted by atomic mass is 10.1. The van der Waals surface area contributed by atoms with Gasteiger partial charge in [-0.3, -0.25) is 0 Å². The van der Waals surface area contributed by atoms with Crippen molar-refractivity contribution in [2.45, 2.75) is 32.5 Å². The van der Waals surface area contributed by atoms with Crippen molar-refractivity contribution in [3.63, 3.8) is 0 Å². The lowest BCUT2D eigenvalue weighted by molar-refractivity contribution is -0.00581. The van der Waals surface area contributed by atoms with Crippen LogP contribution in [0.5, 0.6) is 5.75 Å². The summed E-state index contributed by atoms with van der Waals surface area (Å²) < 4.78 is 29.6. The maximum atomic E-state index is 12.1. The summed E-state index contributed by atoms with van der Waals surface area (Å²) >= 11 is 0. The number of rotatable bonds is 4. The highest BCUT2D eigenvalue weighted by Crippen LogP contribution is 2.22. The minimum Gasteiger partial charge on any atom is -0.491 e. The Bertz CT molecular complexity index is 296. The Morgan fingerprint density at radius 2 is 1.67 bits per heavy atom. The number of aliphatic hydroxyl groups is 1. The topological polar surface area (TPSA) is 29.5 Å². The molecule has 0 spiro atoms. The SMILES string of the molecule is CC(C)Oc1ccc(C(O)C(F)F)cc1. The van der Waals surface area contributed by atoms with E-state index in [9.17, 15) is 8.78 Å². The van der Waals surface area contributed by atoms with Gasteiger partial charge in [-0.1, -0.05) is 12.1 Å². The molecule has 1 unspecified atom stereocenters. The zero-order valence-electron chi connectivity index (χ0n) is 8.65. The van der Waals surface area contributed by atoms with E-state index in [1.54, 1.807) is 12.1 Å². The summed E-state index contributed by atoms with van der Waals surface area (Å²) in [6, 6.07) is 6.02. The molecule has 0 heterocycles. The highest BCUT2D eigenvalue weighted by Gasteiger charge is 2.18. The van der Waals surface area contributed by atoms with Gasteiger partial charge in [-0.15, -0.1) is 0 Å². The molecule has 1 aromatic carbocycles. The molecular weight excluding hydrogens is 202 g/mol. The number of alkyl halides is 2. The van der Waals surface area contributed by atoms with E-state index in [-0.39, 0.29) is 11.7 Å². The molecule has 0 aliphatic rings. The second kappa shape index (κ2) is 5.07. The monoisotopic (exact) mass is 216 g/mol. The van der Waals surface area contributed by atoms with E-state index in [0.29, 0.717) is 5.75 Å². The molecule has 15 heavy (non-hydrogen) atoms. The molecule has 4 heteroatoms. The summed E-state index contributed by atoms with van der Waals surface area (Å²) in [7, 11) is 0. The van der Waals surface area contributed by atoms with Crippen LogP contribution in [-0.4, -0.2) is 17.6 Å². The van der Waals surface area contributed by atoms with Crippen LogP contribution in [0, 0.1) is 0 Å². The number of halogens is 2. The molecule has 0 radical (unpaired) electrons. The fourth-order valence-electron chi connectivity index (χ4n) is 1.16. The van der Waals surface area contributed by atoms with Gasteiger partial charge >= 0.3 is 0 Å². The van der Waals surface area contributed by atoms with Gasteiger partial charge in [0.25, 0.3) is 6.43 Å². The van der Waals surface area contributed by atoms with Crippen LogP contribution in [0.25, 0.3) is 0 Å². The molecule has 1 atom stereocenters. The molecule has 0 aromatic heterocycles. The minimum absolute atomic E-state index is 0.0378. The van der Waals surface area contributed by atoms with Gasteiger partial charge in [-0.05, 0) is 31.5 Å². The third-order valence-electron chi connectivity index (χ3n) is 1.83. The van der Waals surface area contributed by atoms with Crippen LogP contribution in [-0.2, 0) is 0 Å². The van der Waals surface area contributed by atoms with E-state index < -0.39 is 12.5 Å². The molecular formula is C11H14F2O2. The van der Waals surface area contributed by atoms with Gasteiger partial charge in [0.1, 0.15) is 11.9 Å². The Balaban J connectivity index is 2.72. The standard InChI is InChI=1S/C11H14F2O2/c1-7(2)15-9-5-3-8(4-6-9)10(14)11(12)13/h3-7,10-11,14H,1-2H3. The third kappa shape index (κ3) is 3.47. The molecule has 1 aromatic rings. The smallest absolute Gasteiger partial charge is 0.268 e. The van der Waals surface area contributed by atoms with Crippen molar-refractivity contribution in [3.8, 4) is 5.75 Å². The van der Waals surface area contributed by atoms with Crippen molar-refractivity contribution in [1.82, 2.24) is 0 Å². The Labute approximate surface area is 87.5 Å². The quantitative estimate of drug-likeness (QED) is 0.838. The first-order valence-corrected chi connectivity index (χ1v) is 4.73. The largest absolute Gasteiger partial charge is 0.491 e. The Kier molecular flexibility index (Phi) is 4.03. The van der Waals surface area contributed by atoms with Crippen molar-refractivity contribution in [2.75, 3.05) is 0 Å².